The van der Waals surface area contributed by atoms with Crippen LogP contribution in [-0.2, 0) is 0 Å². The summed E-state index contributed by atoms with van der Waals surface area (Å²) in [6, 6.07) is 3.82. The van der Waals surface area contributed by atoms with Gasteiger partial charge in [0, 0.05) is 34.1 Å². The fourth-order valence-corrected chi connectivity index (χ4v) is 3.66. The molecule has 2 N–H and O–H groups in total. The molecule has 1 aliphatic carbocycles. The Kier molecular flexibility index (Phi) is 5.73. The summed E-state index contributed by atoms with van der Waals surface area (Å²) in [5.41, 5.74) is 9.03. The third kappa shape index (κ3) is 4.32. The third-order valence-electron chi connectivity index (χ3n) is 4.06. The Balaban J connectivity index is 1.97. The van der Waals surface area contributed by atoms with Gasteiger partial charge in [0.25, 0.3) is 0 Å². The van der Waals surface area contributed by atoms with E-state index in [4.69, 9.17) is 5.73 Å². The fraction of sp³-hybridized carbons (Fsp3) is 0.250. The maximum Gasteiger partial charge on any atom is 0.175 e. The van der Waals surface area contributed by atoms with Gasteiger partial charge in [-0.2, -0.15) is 0 Å². The normalized spacial score (nSPS) is 18.1. The average Bonchev–Trinajstić information content (AvgIpc) is 2.98. The number of nitrogens with zero attached hydrogens (tertiary/aromatic N) is 3. The molecule has 1 unspecified atom stereocenters. The van der Waals surface area contributed by atoms with Crippen molar-refractivity contribution in [3.8, 4) is 0 Å². The molecule has 0 radical (unpaired) electrons. The topological polar surface area (TPSA) is 64.2 Å². The number of aliphatic imine (C=N–C) groups is 1. The second kappa shape index (κ2) is 8.19. The SMILES string of the molecule is Cc1cc(C(C=C(N)c2ncccn2)=NCC2=CC=CCC2F)c(C)s1. The van der Waals surface area contributed by atoms with Crippen LogP contribution < -0.4 is 5.73 Å². The van der Waals surface area contributed by atoms with E-state index in [0.29, 0.717) is 30.1 Å². The van der Waals surface area contributed by atoms with Crippen LogP contribution in [0.4, 0.5) is 4.39 Å². The Morgan fingerprint density at radius 2 is 2.15 bits per heavy atom. The number of nitrogens with two attached hydrogens (primary N) is 1. The molecule has 0 spiro atoms. The van der Waals surface area contributed by atoms with E-state index < -0.39 is 6.17 Å². The lowest BCUT2D eigenvalue weighted by molar-refractivity contribution is 0.379. The van der Waals surface area contributed by atoms with Gasteiger partial charge in [0.05, 0.1) is 18.0 Å². The number of hydrogen-bond acceptors (Lipinski definition) is 5. The van der Waals surface area contributed by atoms with Crippen molar-refractivity contribution < 1.29 is 4.39 Å². The minimum atomic E-state index is -0.978. The molecule has 0 aliphatic heterocycles. The van der Waals surface area contributed by atoms with Crippen LogP contribution in [0.1, 0.15) is 27.6 Å². The zero-order valence-electron chi connectivity index (χ0n) is 14.8. The van der Waals surface area contributed by atoms with Gasteiger partial charge in [0.1, 0.15) is 6.17 Å². The van der Waals surface area contributed by atoms with E-state index in [1.54, 1.807) is 41.9 Å². The molecule has 3 rings (SSSR count). The molecule has 0 saturated heterocycles. The van der Waals surface area contributed by atoms with Gasteiger partial charge in [-0.05, 0) is 37.6 Å². The van der Waals surface area contributed by atoms with E-state index in [2.05, 4.69) is 28.0 Å². The van der Waals surface area contributed by atoms with E-state index >= 15 is 0 Å². The Morgan fingerprint density at radius 3 is 2.81 bits per heavy atom. The van der Waals surface area contributed by atoms with Crippen LogP contribution in [0.3, 0.4) is 0 Å². The molecule has 0 fully saturated rings. The van der Waals surface area contributed by atoms with Crippen molar-refractivity contribution in [2.45, 2.75) is 26.4 Å². The summed E-state index contributed by atoms with van der Waals surface area (Å²) in [5, 5.41) is 0. The summed E-state index contributed by atoms with van der Waals surface area (Å²) in [6.07, 6.45) is 10.0. The quantitative estimate of drug-likeness (QED) is 0.806. The maximum absolute atomic E-state index is 14.1. The number of aromatic nitrogens is 2. The molecule has 2 heterocycles. The van der Waals surface area contributed by atoms with Gasteiger partial charge in [-0.1, -0.05) is 18.2 Å². The Hall–Kier alpha value is -2.60. The van der Waals surface area contributed by atoms with Crippen molar-refractivity contribution >= 4 is 22.7 Å². The van der Waals surface area contributed by atoms with Crippen molar-refractivity contribution in [2.24, 2.45) is 10.7 Å². The predicted molar refractivity (Wildman–Crippen MR) is 106 cm³/mol. The van der Waals surface area contributed by atoms with E-state index in [-0.39, 0.29) is 0 Å². The Morgan fingerprint density at radius 1 is 1.38 bits per heavy atom. The highest BCUT2D eigenvalue weighted by atomic mass is 32.1. The van der Waals surface area contributed by atoms with E-state index in [1.165, 1.54) is 4.88 Å². The lowest BCUT2D eigenvalue weighted by Crippen LogP contribution is -2.11. The van der Waals surface area contributed by atoms with Crippen molar-refractivity contribution in [1.29, 1.82) is 0 Å². The van der Waals surface area contributed by atoms with Crippen molar-refractivity contribution in [3.05, 3.63) is 75.5 Å². The summed E-state index contributed by atoms with van der Waals surface area (Å²) in [5.74, 6) is 0.452. The Bertz CT molecular complexity index is 894. The standard InChI is InChI=1S/C20H21FN4S/c1-13-10-16(14(2)26-13)19(11-18(22)20-23-8-5-9-24-20)25-12-15-6-3-4-7-17(15)21/h3-6,8-11,17H,7,12,22H2,1-2H3. The highest BCUT2D eigenvalue weighted by molar-refractivity contribution is 7.12. The number of halogens is 1. The number of alkyl halides is 1. The van der Waals surface area contributed by atoms with Crippen LogP contribution in [0, 0.1) is 13.8 Å². The molecule has 2 aromatic rings. The molecule has 134 valence electrons. The van der Waals surface area contributed by atoms with Crippen molar-refractivity contribution in [3.63, 3.8) is 0 Å². The van der Waals surface area contributed by atoms with Gasteiger partial charge in [-0.25, -0.2) is 14.4 Å². The average molecular weight is 368 g/mol. The second-order valence-electron chi connectivity index (χ2n) is 6.07. The fourth-order valence-electron chi connectivity index (χ4n) is 2.73. The lowest BCUT2D eigenvalue weighted by atomic mass is 10.0. The summed E-state index contributed by atoms with van der Waals surface area (Å²) in [4.78, 5) is 15.4. The van der Waals surface area contributed by atoms with E-state index in [9.17, 15) is 4.39 Å². The smallest absolute Gasteiger partial charge is 0.175 e. The zero-order valence-corrected chi connectivity index (χ0v) is 15.6. The van der Waals surface area contributed by atoms with Crippen LogP contribution in [0.2, 0.25) is 0 Å². The first kappa shape index (κ1) is 18.2. The summed E-state index contributed by atoms with van der Waals surface area (Å²) >= 11 is 1.70. The highest BCUT2D eigenvalue weighted by Gasteiger charge is 2.15. The van der Waals surface area contributed by atoms with Crippen LogP contribution in [0.25, 0.3) is 5.70 Å². The van der Waals surface area contributed by atoms with Crippen molar-refractivity contribution in [1.82, 2.24) is 9.97 Å². The number of thiophene rings is 1. The summed E-state index contributed by atoms with van der Waals surface area (Å²) in [6.45, 7) is 4.40. The van der Waals surface area contributed by atoms with Crippen molar-refractivity contribution in [2.75, 3.05) is 6.54 Å². The maximum atomic E-state index is 14.1. The Labute approximate surface area is 156 Å². The number of allylic oxidation sites excluding steroid dienone is 4. The summed E-state index contributed by atoms with van der Waals surface area (Å²) in [7, 11) is 0. The molecular weight excluding hydrogens is 347 g/mol. The number of rotatable bonds is 5. The van der Waals surface area contributed by atoms with Gasteiger partial charge in [0.2, 0.25) is 0 Å². The molecule has 1 atom stereocenters. The van der Waals surface area contributed by atoms with Gasteiger partial charge >= 0.3 is 0 Å². The second-order valence-corrected chi connectivity index (χ2v) is 7.53. The molecule has 0 amide bonds. The molecule has 2 aromatic heterocycles. The highest BCUT2D eigenvalue weighted by Crippen LogP contribution is 2.23. The zero-order chi connectivity index (χ0) is 18.5. The first-order chi connectivity index (χ1) is 12.5. The minimum absolute atomic E-state index is 0.300. The summed E-state index contributed by atoms with van der Waals surface area (Å²) < 4.78 is 14.1. The molecule has 26 heavy (non-hydrogen) atoms. The van der Waals surface area contributed by atoms with Crippen LogP contribution in [0.15, 0.2) is 59.4 Å². The molecular formula is C20H21FN4S. The van der Waals surface area contributed by atoms with Gasteiger partial charge in [-0.15, -0.1) is 11.3 Å². The molecule has 0 aromatic carbocycles. The van der Waals surface area contributed by atoms with Crippen LogP contribution >= 0.6 is 11.3 Å². The lowest BCUT2D eigenvalue weighted by Gasteiger charge is -2.12. The monoisotopic (exact) mass is 368 g/mol. The van der Waals surface area contributed by atoms with E-state index in [1.807, 2.05) is 19.1 Å². The predicted octanol–water partition coefficient (Wildman–Crippen LogP) is 4.17. The largest absolute Gasteiger partial charge is 0.396 e. The van der Waals surface area contributed by atoms with Crippen LogP contribution in [0.5, 0.6) is 0 Å². The van der Waals surface area contributed by atoms with Gasteiger partial charge in [0.15, 0.2) is 5.82 Å². The first-order valence-electron chi connectivity index (χ1n) is 8.40. The number of aryl methyl sites for hydroxylation is 2. The molecule has 0 saturated carbocycles. The third-order valence-corrected chi connectivity index (χ3v) is 5.02. The van der Waals surface area contributed by atoms with Gasteiger partial charge in [-0.3, -0.25) is 4.99 Å². The molecule has 0 bridgehead atoms. The number of hydrogen-bond donors (Lipinski definition) is 1. The first-order valence-corrected chi connectivity index (χ1v) is 9.22. The van der Waals surface area contributed by atoms with E-state index in [0.717, 1.165) is 16.2 Å². The molecule has 4 nitrogen and oxygen atoms in total. The van der Waals surface area contributed by atoms with Crippen LogP contribution in [-0.4, -0.2) is 28.4 Å². The van der Waals surface area contributed by atoms with Gasteiger partial charge < -0.3 is 5.73 Å². The minimum Gasteiger partial charge on any atom is -0.396 e. The molecule has 6 heteroatoms. The molecule has 1 aliphatic rings.